The molecule has 0 saturated carbocycles. The summed E-state index contributed by atoms with van der Waals surface area (Å²) in [4.78, 5) is 26.7. The Kier molecular flexibility index (Phi) is 6.84. The molecule has 8 nitrogen and oxygen atoms in total. The topological polar surface area (TPSA) is 106 Å². The number of rotatable bonds is 7. The fourth-order valence-corrected chi connectivity index (χ4v) is 4.82. The number of nitrogens with one attached hydrogen (secondary N) is 1. The van der Waals surface area contributed by atoms with Gasteiger partial charge in [-0.1, -0.05) is 54.2 Å². The number of fused-ring (bicyclic) bond motifs is 2. The summed E-state index contributed by atoms with van der Waals surface area (Å²) in [6, 6.07) is 16.9. The van der Waals surface area contributed by atoms with Crippen molar-refractivity contribution in [2.75, 3.05) is 18.2 Å². The van der Waals surface area contributed by atoms with Gasteiger partial charge in [-0.15, -0.1) is 0 Å². The molecule has 36 heavy (non-hydrogen) atoms. The third kappa shape index (κ3) is 4.75. The van der Waals surface area contributed by atoms with Crippen LogP contribution in [0, 0.1) is 6.92 Å². The molecule has 0 saturated heterocycles. The predicted octanol–water partition coefficient (Wildman–Crippen LogP) is 4.78. The molecule has 0 bridgehead atoms. The van der Waals surface area contributed by atoms with Crippen molar-refractivity contribution in [3.8, 4) is 28.8 Å². The Morgan fingerprint density at radius 2 is 1.89 bits per heavy atom. The molecule has 9 heteroatoms. The maximum Gasteiger partial charge on any atom is 0.234 e. The van der Waals surface area contributed by atoms with Crippen LogP contribution < -0.4 is 14.8 Å². The van der Waals surface area contributed by atoms with E-state index in [-0.39, 0.29) is 18.3 Å². The molecule has 2 N–H and O–H groups in total. The lowest BCUT2D eigenvalue weighted by Gasteiger charge is -2.24. The number of para-hydroxylation sites is 2. The zero-order valence-corrected chi connectivity index (χ0v) is 20.6. The standard InChI is InChI=1S/C27H24N4O4S/c1-16-24-19(18(14-32)13-28-16)12-20-26(35-24)30-25(17-8-4-3-5-9-17)31-27(20)36-15-23(33)29-21-10-6-7-11-22(21)34-2/h3-11,13,32H,12,14-15H2,1-2H3,(H,29,33). The highest BCUT2D eigenvalue weighted by molar-refractivity contribution is 8.00. The minimum absolute atomic E-state index is 0.130. The first-order valence-electron chi connectivity index (χ1n) is 11.4. The largest absolute Gasteiger partial charge is 0.495 e. The van der Waals surface area contributed by atoms with E-state index >= 15 is 0 Å². The number of benzene rings is 2. The SMILES string of the molecule is COc1ccccc1NC(=O)CSc1nc(-c2ccccc2)nc2c1Cc1c(CO)cnc(C)c1O2. The summed E-state index contributed by atoms with van der Waals surface area (Å²) in [6.45, 7) is 1.71. The average molecular weight is 501 g/mol. The van der Waals surface area contributed by atoms with Crippen molar-refractivity contribution < 1.29 is 19.4 Å². The van der Waals surface area contributed by atoms with Gasteiger partial charge in [0.05, 0.1) is 36.4 Å². The number of carbonyl (C=O) groups is 1. The second-order valence-electron chi connectivity index (χ2n) is 8.15. The van der Waals surface area contributed by atoms with Gasteiger partial charge in [0.2, 0.25) is 11.8 Å². The van der Waals surface area contributed by atoms with E-state index in [1.807, 2.05) is 49.4 Å². The number of aromatic nitrogens is 3. The van der Waals surface area contributed by atoms with Gasteiger partial charge in [0.15, 0.2) is 11.6 Å². The number of carbonyl (C=O) groups excluding carboxylic acids is 1. The highest BCUT2D eigenvalue weighted by atomic mass is 32.2. The maximum absolute atomic E-state index is 12.8. The minimum Gasteiger partial charge on any atom is -0.495 e. The summed E-state index contributed by atoms with van der Waals surface area (Å²) >= 11 is 1.31. The first-order valence-corrected chi connectivity index (χ1v) is 12.3. The lowest BCUT2D eigenvalue weighted by Crippen LogP contribution is -2.16. The number of hydrogen-bond acceptors (Lipinski definition) is 8. The first-order chi connectivity index (χ1) is 17.6. The van der Waals surface area contributed by atoms with Gasteiger partial charge in [0, 0.05) is 29.3 Å². The number of aliphatic hydroxyl groups excluding tert-OH is 1. The molecule has 1 amide bonds. The third-order valence-corrected chi connectivity index (χ3v) is 6.83. The number of thioether (sulfide) groups is 1. The van der Waals surface area contributed by atoms with Crippen LogP contribution in [0.2, 0.25) is 0 Å². The summed E-state index contributed by atoms with van der Waals surface area (Å²) in [5, 5.41) is 13.4. The van der Waals surface area contributed by atoms with E-state index in [4.69, 9.17) is 19.4 Å². The number of aryl methyl sites for hydroxylation is 1. The lowest BCUT2D eigenvalue weighted by atomic mass is 9.99. The summed E-state index contributed by atoms with van der Waals surface area (Å²) < 4.78 is 11.6. The molecule has 1 aliphatic heterocycles. The fraction of sp³-hybridized carbons (Fsp3) is 0.185. The third-order valence-electron chi connectivity index (χ3n) is 5.81. The van der Waals surface area contributed by atoms with E-state index in [0.29, 0.717) is 45.9 Å². The molecule has 2 aromatic carbocycles. The van der Waals surface area contributed by atoms with Gasteiger partial charge in [-0.05, 0) is 19.1 Å². The molecule has 0 unspecified atom stereocenters. The van der Waals surface area contributed by atoms with Crippen molar-refractivity contribution in [3.05, 3.63) is 83.2 Å². The van der Waals surface area contributed by atoms with E-state index in [1.165, 1.54) is 11.8 Å². The van der Waals surface area contributed by atoms with Crippen molar-refractivity contribution in [1.29, 1.82) is 0 Å². The molecular weight excluding hydrogens is 476 g/mol. The lowest BCUT2D eigenvalue weighted by molar-refractivity contribution is -0.113. The normalized spacial score (nSPS) is 11.8. The highest BCUT2D eigenvalue weighted by Gasteiger charge is 2.28. The van der Waals surface area contributed by atoms with Crippen LogP contribution in [-0.4, -0.2) is 38.8 Å². The number of methoxy groups -OCH3 is 1. The smallest absolute Gasteiger partial charge is 0.234 e. The van der Waals surface area contributed by atoms with Crippen LogP contribution in [0.5, 0.6) is 17.4 Å². The summed E-state index contributed by atoms with van der Waals surface area (Å²) in [7, 11) is 1.56. The van der Waals surface area contributed by atoms with E-state index in [2.05, 4.69) is 10.3 Å². The Morgan fingerprint density at radius 1 is 1.11 bits per heavy atom. The second-order valence-corrected chi connectivity index (χ2v) is 9.12. The summed E-state index contributed by atoms with van der Waals surface area (Å²) in [6.07, 6.45) is 2.13. The van der Waals surface area contributed by atoms with E-state index in [0.717, 1.165) is 22.4 Å². The van der Waals surface area contributed by atoms with Crippen LogP contribution >= 0.6 is 11.8 Å². The van der Waals surface area contributed by atoms with Crippen molar-refractivity contribution in [2.24, 2.45) is 0 Å². The first kappa shape index (κ1) is 23.8. The molecule has 1 aliphatic rings. The Hall–Kier alpha value is -3.95. The monoisotopic (exact) mass is 500 g/mol. The summed E-state index contributed by atoms with van der Waals surface area (Å²) in [5.41, 5.74) is 4.49. The molecule has 5 rings (SSSR count). The van der Waals surface area contributed by atoms with Crippen LogP contribution in [-0.2, 0) is 17.8 Å². The van der Waals surface area contributed by atoms with Crippen molar-refractivity contribution in [2.45, 2.75) is 25.0 Å². The zero-order valence-electron chi connectivity index (χ0n) is 19.8. The van der Waals surface area contributed by atoms with Gasteiger partial charge in [-0.3, -0.25) is 9.78 Å². The van der Waals surface area contributed by atoms with Crippen LogP contribution in [0.4, 0.5) is 5.69 Å². The molecule has 0 aliphatic carbocycles. The van der Waals surface area contributed by atoms with E-state index in [9.17, 15) is 9.90 Å². The molecule has 0 radical (unpaired) electrons. The Bertz CT molecular complexity index is 1430. The van der Waals surface area contributed by atoms with Gasteiger partial charge in [-0.25, -0.2) is 4.98 Å². The second kappa shape index (κ2) is 10.3. The quantitative estimate of drug-likeness (QED) is 0.243. The number of hydrogen-bond donors (Lipinski definition) is 2. The number of nitrogens with zero attached hydrogens (tertiary/aromatic N) is 3. The number of ether oxygens (including phenoxy) is 2. The van der Waals surface area contributed by atoms with Crippen LogP contribution in [0.25, 0.3) is 11.4 Å². The highest BCUT2D eigenvalue weighted by Crippen LogP contribution is 2.42. The molecule has 3 heterocycles. The maximum atomic E-state index is 12.8. The Balaban J connectivity index is 1.48. The van der Waals surface area contributed by atoms with Crippen molar-refractivity contribution >= 4 is 23.4 Å². The van der Waals surface area contributed by atoms with Crippen LogP contribution in [0.15, 0.2) is 65.8 Å². The van der Waals surface area contributed by atoms with E-state index in [1.54, 1.807) is 25.4 Å². The zero-order chi connectivity index (χ0) is 25.1. The van der Waals surface area contributed by atoms with Crippen molar-refractivity contribution in [1.82, 2.24) is 15.0 Å². The Morgan fingerprint density at radius 3 is 2.67 bits per heavy atom. The minimum atomic E-state index is -0.189. The molecular formula is C27H24N4O4S. The number of anilines is 1. The van der Waals surface area contributed by atoms with Gasteiger partial charge in [0.1, 0.15) is 10.8 Å². The van der Waals surface area contributed by atoms with Gasteiger partial charge >= 0.3 is 0 Å². The number of pyridine rings is 1. The average Bonchev–Trinajstić information content (AvgIpc) is 2.92. The molecule has 0 atom stereocenters. The molecule has 0 fully saturated rings. The van der Waals surface area contributed by atoms with Gasteiger partial charge < -0.3 is 19.9 Å². The number of amides is 1. The van der Waals surface area contributed by atoms with Gasteiger partial charge in [0.25, 0.3) is 0 Å². The molecule has 2 aromatic heterocycles. The molecule has 0 spiro atoms. The fourth-order valence-electron chi connectivity index (χ4n) is 4.00. The summed E-state index contributed by atoms with van der Waals surface area (Å²) in [5.74, 6) is 2.08. The molecule has 182 valence electrons. The van der Waals surface area contributed by atoms with Crippen molar-refractivity contribution in [3.63, 3.8) is 0 Å². The molecule has 4 aromatic rings. The van der Waals surface area contributed by atoms with Crippen LogP contribution in [0.1, 0.15) is 22.4 Å². The van der Waals surface area contributed by atoms with E-state index < -0.39 is 0 Å². The Labute approximate surface area is 212 Å². The van der Waals surface area contributed by atoms with Crippen LogP contribution in [0.3, 0.4) is 0 Å². The number of aliphatic hydroxyl groups is 1. The van der Waals surface area contributed by atoms with Gasteiger partial charge in [-0.2, -0.15) is 4.98 Å². The predicted molar refractivity (Wildman–Crippen MR) is 138 cm³/mol.